The van der Waals surface area contributed by atoms with Crippen LogP contribution < -0.4 is 5.32 Å². The quantitative estimate of drug-likeness (QED) is 0.284. The predicted octanol–water partition coefficient (Wildman–Crippen LogP) is 4.54. The van der Waals surface area contributed by atoms with E-state index >= 15 is 0 Å². The summed E-state index contributed by atoms with van der Waals surface area (Å²) in [5.74, 6) is 0. The number of alkyl halides is 3. The average Bonchev–Trinajstić information content (AvgIpc) is 2.88. The van der Waals surface area contributed by atoms with E-state index in [1.165, 1.54) is 6.08 Å². The van der Waals surface area contributed by atoms with Gasteiger partial charge in [0, 0.05) is 0 Å². The van der Waals surface area contributed by atoms with E-state index in [0.29, 0.717) is 6.61 Å². The van der Waals surface area contributed by atoms with Crippen LogP contribution in [0.4, 0.5) is 4.79 Å². The molecule has 0 radical (unpaired) electrons. The number of amides is 1. The summed E-state index contributed by atoms with van der Waals surface area (Å²) in [6.45, 7) is 3.83. The maximum atomic E-state index is 12.5. The van der Waals surface area contributed by atoms with Gasteiger partial charge in [-0.2, -0.15) is 0 Å². The third-order valence-corrected chi connectivity index (χ3v) is 5.71. The highest BCUT2D eigenvalue weighted by molar-refractivity contribution is 6.67. The Morgan fingerprint density at radius 2 is 1.65 bits per heavy atom. The fraction of sp³-hybridized carbons (Fsp3) is 0.423. The van der Waals surface area contributed by atoms with Gasteiger partial charge >= 0.3 is 6.09 Å². The van der Waals surface area contributed by atoms with Crippen molar-refractivity contribution in [1.29, 1.82) is 0 Å². The van der Waals surface area contributed by atoms with Crippen molar-refractivity contribution in [3.63, 3.8) is 0 Å². The molecule has 1 fully saturated rings. The number of aliphatic hydroxyl groups is 1. The molecule has 3 unspecified atom stereocenters. The number of hydrogen-bond acceptors (Lipinski definition) is 7. The SMILES string of the molecule is C=CCO[C@H]1OC(COCc2ccccc2)[C@@H](O)C(OCc2ccccc2)C1NC(=O)OCC(Cl)(Cl)Cl. The molecule has 3 rings (SSSR count). The molecule has 202 valence electrons. The monoisotopic (exact) mass is 573 g/mol. The van der Waals surface area contributed by atoms with Gasteiger partial charge in [0.25, 0.3) is 0 Å². The number of benzene rings is 2. The molecule has 0 bridgehead atoms. The van der Waals surface area contributed by atoms with Crippen LogP contribution in [0.15, 0.2) is 73.3 Å². The molecule has 1 aliphatic heterocycles. The molecular weight excluding hydrogens is 545 g/mol. The number of halogens is 3. The van der Waals surface area contributed by atoms with Crippen LogP contribution in [0.2, 0.25) is 0 Å². The fourth-order valence-electron chi connectivity index (χ4n) is 3.67. The van der Waals surface area contributed by atoms with E-state index < -0.39 is 47.1 Å². The van der Waals surface area contributed by atoms with Gasteiger partial charge in [-0.1, -0.05) is 102 Å². The van der Waals surface area contributed by atoms with Crippen LogP contribution in [-0.4, -0.2) is 65.5 Å². The number of nitrogens with one attached hydrogen (secondary N) is 1. The second-order valence-corrected chi connectivity index (χ2v) is 10.8. The predicted molar refractivity (Wildman–Crippen MR) is 140 cm³/mol. The Kier molecular flexibility index (Phi) is 11.9. The topological polar surface area (TPSA) is 95.5 Å². The standard InChI is InChI=1S/C26H30Cl3NO7/c1-2-13-34-24-21(30-25(32)36-17-26(27,28)29)23(35-15-19-11-7-4-8-12-19)22(31)20(37-24)16-33-14-18-9-5-3-6-10-18/h2-12,20-24,31H,1,13-17H2,(H,30,32)/t20?,21?,22-,23?,24+/m1/s1. The molecule has 11 heteroatoms. The Labute approximate surface area is 231 Å². The Balaban J connectivity index is 1.75. The first-order chi connectivity index (χ1) is 17.8. The van der Waals surface area contributed by atoms with Crippen molar-refractivity contribution < 1.29 is 33.6 Å². The van der Waals surface area contributed by atoms with Gasteiger partial charge < -0.3 is 34.1 Å². The smallest absolute Gasteiger partial charge is 0.407 e. The number of ether oxygens (including phenoxy) is 5. The number of aliphatic hydroxyl groups excluding tert-OH is 1. The Bertz CT molecular complexity index is 962. The maximum absolute atomic E-state index is 12.5. The highest BCUT2D eigenvalue weighted by atomic mass is 35.6. The van der Waals surface area contributed by atoms with E-state index in [4.69, 9.17) is 58.5 Å². The molecule has 0 spiro atoms. The molecule has 0 aliphatic carbocycles. The summed E-state index contributed by atoms with van der Waals surface area (Å²) in [4.78, 5) is 12.5. The molecule has 0 aromatic heterocycles. The third-order valence-electron chi connectivity index (χ3n) is 5.38. The maximum Gasteiger partial charge on any atom is 0.407 e. The Morgan fingerprint density at radius 1 is 1.03 bits per heavy atom. The first kappa shape index (κ1) is 29.7. The molecule has 37 heavy (non-hydrogen) atoms. The van der Waals surface area contributed by atoms with Crippen LogP contribution in [0.25, 0.3) is 0 Å². The van der Waals surface area contributed by atoms with Gasteiger partial charge in [0.1, 0.15) is 31.0 Å². The average molecular weight is 575 g/mol. The van der Waals surface area contributed by atoms with Gasteiger partial charge in [-0.25, -0.2) is 4.79 Å². The minimum atomic E-state index is -1.79. The molecule has 0 saturated carbocycles. The summed E-state index contributed by atoms with van der Waals surface area (Å²) in [6, 6.07) is 18.0. The second-order valence-electron chi connectivity index (χ2n) is 8.28. The third kappa shape index (κ3) is 10.1. The van der Waals surface area contributed by atoms with Gasteiger partial charge in [-0.15, -0.1) is 6.58 Å². The van der Waals surface area contributed by atoms with Crippen molar-refractivity contribution in [1.82, 2.24) is 5.32 Å². The number of rotatable bonds is 12. The highest BCUT2D eigenvalue weighted by Crippen LogP contribution is 2.28. The van der Waals surface area contributed by atoms with Crippen molar-refractivity contribution in [2.75, 3.05) is 19.8 Å². The minimum absolute atomic E-state index is 0.0552. The zero-order valence-corrected chi connectivity index (χ0v) is 22.3. The minimum Gasteiger partial charge on any atom is -0.445 e. The Morgan fingerprint density at radius 3 is 2.24 bits per heavy atom. The molecule has 1 amide bonds. The number of carbonyl (C=O) groups is 1. The number of hydrogen-bond donors (Lipinski definition) is 2. The summed E-state index contributed by atoms with van der Waals surface area (Å²) in [5, 5.41) is 13.9. The summed E-state index contributed by atoms with van der Waals surface area (Å²) in [7, 11) is 0. The van der Waals surface area contributed by atoms with E-state index in [2.05, 4.69) is 11.9 Å². The van der Waals surface area contributed by atoms with Crippen LogP contribution in [0.3, 0.4) is 0 Å². The van der Waals surface area contributed by atoms with Crippen molar-refractivity contribution in [2.45, 2.75) is 47.7 Å². The van der Waals surface area contributed by atoms with Crippen molar-refractivity contribution >= 4 is 40.9 Å². The lowest BCUT2D eigenvalue weighted by Crippen LogP contribution is -2.65. The summed E-state index contributed by atoms with van der Waals surface area (Å²) in [6.07, 6.45) is -3.32. The van der Waals surface area contributed by atoms with E-state index in [0.717, 1.165) is 11.1 Å². The van der Waals surface area contributed by atoms with Gasteiger partial charge in [0.05, 0.1) is 26.4 Å². The molecule has 2 N–H and O–H groups in total. The first-order valence-corrected chi connectivity index (χ1v) is 12.7. The lowest BCUT2D eigenvalue weighted by molar-refractivity contribution is -0.278. The van der Waals surface area contributed by atoms with Gasteiger partial charge in [0.15, 0.2) is 6.29 Å². The molecule has 2 aromatic rings. The zero-order chi connectivity index (χ0) is 26.7. The fourth-order valence-corrected chi connectivity index (χ4v) is 3.84. The molecule has 1 saturated heterocycles. The summed E-state index contributed by atoms with van der Waals surface area (Å²) >= 11 is 17.1. The second kappa shape index (κ2) is 14.9. The van der Waals surface area contributed by atoms with Crippen molar-refractivity contribution in [3.8, 4) is 0 Å². The zero-order valence-electron chi connectivity index (χ0n) is 20.0. The molecule has 1 heterocycles. The van der Waals surface area contributed by atoms with Crippen LogP contribution in [0.1, 0.15) is 11.1 Å². The molecular formula is C26H30Cl3NO7. The van der Waals surface area contributed by atoms with E-state index in [9.17, 15) is 9.90 Å². The van der Waals surface area contributed by atoms with Crippen LogP contribution >= 0.6 is 34.8 Å². The van der Waals surface area contributed by atoms with Gasteiger partial charge in [-0.05, 0) is 11.1 Å². The van der Waals surface area contributed by atoms with Gasteiger partial charge in [0.2, 0.25) is 3.79 Å². The summed E-state index contributed by atoms with van der Waals surface area (Å²) < 4.78 is 26.9. The van der Waals surface area contributed by atoms with Crippen LogP contribution in [0.5, 0.6) is 0 Å². The number of alkyl carbamates (subject to hydrolysis) is 1. The van der Waals surface area contributed by atoms with E-state index in [-0.39, 0.29) is 19.8 Å². The highest BCUT2D eigenvalue weighted by Gasteiger charge is 2.47. The summed E-state index contributed by atoms with van der Waals surface area (Å²) in [5.41, 5.74) is 1.85. The lowest BCUT2D eigenvalue weighted by atomic mass is 9.96. The Hall–Kier alpha value is -1.88. The van der Waals surface area contributed by atoms with E-state index in [1.807, 2.05) is 60.7 Å². The lowest BCUT2D eigenvalue weighted by Gasteiger charge is -2.44. The molecule has 2 aromatic carbocycles. The molecule has 8 nitrogen and oxygen atoms in total. The van der Waals surface area contributed by atoms with Crippen LogP contribution in [0, 0.1) is 0 Å². The largest absolute Gasteiger partial charge is 0.445 e. The normalized spacial score (nSPS) is 23.8. The van der Waals surface area contributed by atoms with E-state index in [1.54, 1.807) is 0 Å². The van der Waals surface area contributed by atoms with Crippen molar-refractivity contribution in [3.05, 3.63) is 84.4 Å². The molecule has 5 atom stereocenters. The van der Waals surface area contributed by atoms with Crippen molar-refractivity contribution in [2.24, 2.45) is 0 Å². The number of carbonyl (C=O) groups excluding carboxylic acids is 1. The van der Waals surface area contributed by atoms with Crippen LogP contribution in [-0.2, 0) is 36.9 Å². The molecule has 1 aliphatic rings. The van der Waals surface area contributed by atoms with Gasteiger partial charge in [-0.3, -0.25) is 0 Å². The first-order valence-electron chi connectivity index (χ1n) is 11.6.